The average molecular weight is 310 g/mol. The Morgan fingerprint density at radius 1 is 1.11 bits per heavy atom. The number of hydrogen-bond acceptors (Lipinski definition) is 3. The molecule has 0 saturated carbocycles. The molecule has 0 atom stereocenters. The van der Waals surface area contributed by atoms with Crippen molar-refractivity contribution in [3.05, 3.63) is 52.5 Å². The van der Waals surface area contributed by atoms with E-state index in [0.29, 0.717) is 16.2 Å². The Balaban J connectivity index is 1.91. The largest absolute Gasteiger partial charge is 0.431 e. The molecule has 1 heterocycles. The lowest BCUT2D eigenvalue weighted by atomic mass is 10.1. The Hall–Kier alpha value is -1.29. The normalized spacial score (nSPS) is 10.8. The summed E-state index contributed by atoms with van der Waals surface area (Å²) in [5.41, 5.74) is 0. The molecule has 0 N–H and O–H groups in total. The van der Waals surface area contributed by atoms with E-state index in [0.717, 1.165) is 16.0 Å². The lowest BCUT2D eigenvalue weighted by Crippen LogP contribution is -1.83. The topological polar surface area (TPSA) is 22.1 Å². The fourth-order valence-electron chi connectivity index (χ4n) is 1.77. The summed E-state index contributed by atoms with van der Waals surface area (Å²) in [5, 5.41) is 3.22. The Labute approximate surface area is 124 Å². The Kier molecular flexibility index (Phi) is 3.60. The molecule has 0 spiro atoms. The molecule has 0 aliphatic carbocycles. The van der Waals surface area contributed by atoms with Gasteiger partial charge in [0.25, 0.3) is 5.19 Å². The molecule has 0 unspecified atom stereocenters. The van der Waals surface area contributed by atoms with Crippen LogP contribution < -0.4 is 4.74 Å². The van der Waals surface area contributed by atoms with Gasteiger partial charge in [-0.25, -0.2) is 0 Å². The van der Waals surface area contributed by atoms with Gasteiger partial charge in [0.1, 0.15) is 10.9 Å². The van der Waals surface area contributed by atoms with Crippen LogP contribution in [0.15, 0.2) is 42.5 Å². The highest BCUT2D eigenvalue weighted by atomic mass is 35.5. The predicted octanol–water partition coefficient (Wildman–Crippen LogP) is 5.48. The van der Waals surface area contributed by atoms with Crippen molar-refractivity contribution in [1.82, 2.24) is 4.98 Å². The van der Waals surface area contributed by atoms with Gasteiger partial charge in [0.05, 0.1) is 10.8 Å². The second-order valence-corrected chi connectivity index (χ2v) is 5.61. The van der Waals surface area contributed by atoms with Crippen LogP contribution >= 0.6 is 34.5 Å². The van der Waals surface area contributed by atoms with Crippen LogP contribution in [-0.4, -0.2) is 4.98 Å². The van der Waals surface area contributed by atoms with Crippen LogP contribution in [0.4, 0.5) is 0 Å². The maximum Gasteiger partial charge on any atom is 0.280 e. The van der Waals surface area contributed by atoms with E-state index in [2.05, 4.69) is 11.1 Å². The number of rotatable bonds is 3. The molecule has 0 bridgehead atoms. The van der Waals surface area contributed by atoms with Crippen molar-refractivity contribution in [2.24, 2.45) is 0 Å². The molecule has 0 radical (unpaired) electrons. The van der Waals surface area contributed by atoms with Gasteiger partial charge in [0, 0.05) is 0 Å². The van der Waals surface area contributed by atoms with Crippen LogP contribution in [0.3, 0.4) is 0 Å². The quantitative estimate of drug-likeness (QED) is 0.598. The minimum absolute atomic E-state index is 0.345. The zero-order valence-electron chi connectivity index (χ0n) is 9.77. The van der Waals surface area contributed by atoms with Crippen molar-refractivity contribution in [3.8, 4) is 10.9 Å². The number of halogens is 2. The highest BCUT2D eigenvalue weighted by Crippen LogP contribution is 2.33. The monoisotopic (exact) mass is 309 g/mol. The fraction of sp³-hybridized carbons (Fsp3) is 0.0714. The third-order valence-corrected chi connectivity index (χ3v) is 4.46. The first-order chi connectivity index (χ1) is 9.26. The van der Waals surface area contributed by atoms with Gasteiger partial charge in [-0.2, -0.15) is 4.98 Å². The minimum Gasteiger partial charge on any atom is -0.431 e. The highest BCUT2D eigenvalue weighted by molar-refractivity contribution is 7.14. The summed E-state index contributed by atoms with van der Waals surface area (Å²) in [4.78, 5) is 4.95. The number of hydrogen-bond donors (Lipinski definition) is 0. The van der Waals surface area contributed by atoms with Gasteiger partial charge >= 0.3 is 0 Å². The number of fused-ring (bicyclic) bond motifs is 1. The molecule has 2 nitrogen and oxygen atoms in total. The summed E-state index contributed by atoms with van der Waals surface area (Å²) in [7, 11) is 0. The number of ether oxygens (including phenoxy) is 1. The Morgan fingerprint density at radius 3 is 2.63 bits per heavy atom. The van der Waals surface area contributed by atoms with Gasteiger partial charge in [-0.1, -0.05) is 53.3 Å². The standard InChI is InChI=1S/C14H9Cl2NOS/c15-8-12-13(16)17-14(19-12)18-11-6-5-9-3-1-2-4-10(9)7-11/h1-7H,8H2. The molecule has 96 valence electrons. The maximum absolute atomic E-state index is 5.94. The van der Waals surface area contributed by atoms with Gasteiger partial charge in [-0.3, -0.25) is 0 Å². The molecule has 3 aromatic rings. The van der Waals surface area contributed by atoms with Crippen LogP contribution in [-0.2, 0) is 5.88 Å². The zero-order valence-corrected chi connectivity index (χ0v) is 12.1. The molecule has 0 aliphatic heterocycles. The van der Waals surface area contributed by atoms with Gasteiger partial charge in [0.15, 0.2) is 0 Å². The highest BCUT2D eigenvalue weighted by Gasteiger charge is 2.10. The molecule has 2 aromatic carbocycles. The van der Waals surface area contributed by atoms with E-state index >= 15 is 0 Å². The first-order valence-corrected chi connectivity index (χ1v) is 7.37. The van der Waals surface area contributed by atoms with Gasteiger partial charge in [-0.15, -0.1) is 11.6 Å². The molecular formula is C14H9Cl2NOS. The van der Waals surface area contributed by atoms with Crippen LogP contribution in [0.5, 0.6) is 10.9 Å². The van der Waals surface area contributed by atoms with E-state index in [1.807, 2.05) is 36.4 Å². The Bertz CT molecular complexity index is 726. The third kappa shape index (κ3) is 2.68. The predicted molar refractivity (Wildman–Crippen MR) is 80.7 cm³/mol. The van der Waals surface area contributed by atoms with Crippen molar-refractivity contribution < 1.29 is 4.74 Å². The van der Waals surface area contributed by atoms with E-state index < -0.39 is 0 Å². The van der Waals surface area contributed by atoms with Crippen LogP contribution in [0.2, 0.25) is 5.15 Å². The third-order valence-electron chi connectivity index (χ3n) is 2.68. The molecule has 0 aliphatic rings. The molecule has 0 fully saturated rings. The molecule has 19 heavy (non-hydrogen) atoms. The van der Waals surface area contributed by atoms with E-state index in [-0.39, 0.29) is 0 Å². The smallest absolute Gasteiger partial charge is 0.280 e. The summed E-state index contributed by atoms with van der Waals surface area (Å²) in [6.45, 7) is 0. The van der Waals surface area contributed by atoms with Crippen LogP contribution in [0, 0.1) is 0 Å². The molecule has 5 heteroatoms. The van der Waals surface area contributed by atoms with E-state index in [1.54, 1.807) is 0 Å². The summed E-state index contributed by atoms with van der Waals surface area (Å²) in [6.07, 6.45) is 0. The first-order valence-electron chi connectivity index (χ1n) is 5.64. The number of benzene rings is 2. The second-order valence-electron chi connectivity index (χ2n) is 3.94. The average Bonchev–Trinajstić information content (AvgIpc) is 2.78. The Morgan fingerprint density at radius 2 is 1.89 bits per heavy atom. The number of alkyl halides is 1. The summed E-state index contributed by atoms with van der Waals surface area (Å²) < 4.78 is 5.71. The fourth-order valence-corrected chi connectivity index (χ4v) is 3.11. The minimum atomic E-state index is 0.345. The van der Waals surface area contributed by atoms with Crippen molar-refractivity contribution in [2.45, 2.75) is 5.88 Å². The number of nitrogens with zero attached hydrogens (tertiary/aromatic N) is 1. The number of thiazole rings is 1. The van der Waals surface area contributed by atoms with E-state index in [9.17, 15) is 0 Å². The molecular weight excluding hydrogens is 301 g/mol. The second kappa shape index (κ2) is 5.37. The lowest BCUT2D eigenvalue weighted by Gasteiger charge is -2.03. The lowest BCUT2D eigenvalue weighted by molar-refractivity contribution is 0.479. The van der Waals surface area contributed by atoms with Gasteiger partial charge in [-0.05, 0) is 22.9 Å². The summed E-state index contributed by atoms with van der Waals surface area (Å²) in [5.74, 6) is 1.09. The molecule has 0 saturated heterocycles. The summed E-state index contributed by atoms with van der Waals surface area (Å²) >= 11 is 13.1. The van der Waals surface area contributed by atoms with E-state index in [1.165, 1.54) is 16.7 Å². The van der Waals surface area contributed by atoms with Crippen LogP contribution in [0.1, 0.15) is 4.88 Å². The van der Waals surface area contributed by atoms with Crippen molar-refractivity contribution in [3.63, 3.8) is 0 Å². The van der Waals surface area contributed by atoms with Crippen molar-refractivity contribution in [1.29, 1.82) is 0 Å². The molecule has 1 aromatic heterocycles. The van der Waals surface area contributed by atoms with Gasteiger partial charge < -0.3 is 4.74 Å². The van der Waals surface area contributed by atoms with Gasteiger partial charge in [0.2, 0.25) is 0 Å². The summed E-state index contributed by atoms with van der Waals surface area (Å²) in [6, 6.07) is 14.0. The molecule has 0 amide bonds. The number of aromatic nitrogens is 1. The van der Waals surface area contributed by atoms with Crippen LogP contribution in [0.25, 0.3) is 10.8 Å². The first kappa shape index (κ1) is 12.7. The SMILES string of the molecule is ClCc1sc(Oc2ccc3ccccc3c2)nc1Cl. The maximum atomic E-state index is 5.94. The van der Waals surface area contributed by atoms with Crippen molar-refractivity contribution in [2.75, 3.05) is 0 Å². The zero-order chi connectivity index (χ0) is 13.2. The van der Waals surface area contributed by atoms with Crippen molar-refractivity contribution >= 4 is 45.3 Å². The molecule has 3 rings (SSSR count). The van der Waals surface area contributed by atoms with E-state index in [4.69, 9.17) is 27.9 Å².